The molecule has 3 nitrogen and oxygen atoms in total. The Bertz CT molecular complexity index is 552. The van der Waals surface area contributed by atoms with Gasteiger partial charge in [-0.2, -0.15) is 0 Å². The number of anilines is 1. The molecule has 0 spiro atoms. The summed E-state index contributed by atoms with van der Waals surface area (Å²) in [5, 5.41) is 2.82. The first kappa shape index (κ1) is 12.8. The average Bonchev–Trinajstić information content (AvgIpc) is 2.40. The Labute approximate surface area is 114 Å². The van der Waals surface area contributed by atoms with Crippen LogP contribution in [0.15, 0.2) is 47.1 Å². The lowest BCUT2D eigenvalue weighted by atomic mass is 10.1. The summed E-state index contributed by atoms with van der Waals surface area (Å²) in [4.78, 5) is 16.0. The number of aromatic nitrogens is 1. The number of aryl methyl sites for hydroxylation is 1. The van der Waals surface area contributed by atoms with Gasteiger partial charge in [-0.1, -0.05) is 19.1 Å². The van der Waals surface area contributed by atoms with E-state index in [2.05, 4.69) is 33.2 Å². The van der Waals surface area contributed by atoms with Gasteiger partial charge in [-0.15, -0.1) is 0 Å². The zero-order chi connectivity index (χ0) is 13.0. The first-order valence-electron chi connectivity index (χ1n) is 5.71. The number of amides is 1. The van der Waals surface area contributed by atoms with Gasteiger partial charge in [0.25, 0.3) is 5.91 Å². The predicted octanol–water partition coefficient (Wildman–Crippen LogP) is 3.66. The van der Waals surface area contributed by atoms with Crippen LogP contribution in [0.3, 0.4) is 0 Å². The number of nitrogens with zero attached hydrogens (tertiary/aromatic N) is 1. The summed E-state index contributed by atoms with van der Waals surface area (Å²) in [7, 11) is 0. The van der Waals surface area contributed by atoms with Crippen molar-refractivity contribution in [1.29, 1.82) is 0 Å². The van der Waals surface area contributed by atoms with Crippen molar-refractivity contribution in [2.75, 3.05) is 5.32 Å². The second kappa shape index (κ2) is 5.78. The second-order valence-electron chi connectivity index (χ2n) is 3.84. The van der Waals surface area contributed by atoms with E-state index in [9.17, 15) is 4.79 Å². The van der Waals surface area contributed by atoms with Crippen molar-refractivity contribution in [3.63, 3.8) is 0 Å². The van der Waals surface area contributed by atoms with Crippen LogP contribution in [-0.4, -0.2) is 10.9 Å². The van der Waals surface area contributed by atoms with Crippen molar-refractivity contribution in [2.45, 2.75) is 13.3 Å². The molecule has 1 amide bonds. The van der Waals surface area contributed by atoms with Crippen molar-refractivity contribution in [3.8, 4) is 0 Å². The van der Waals surface area contributed by atoms with Gasteiger partial charge in [-0.25, -0.2) is 4.98 Å². The molecular formula is C14H13BrN2O. The number of carbonyl (C=O) groups excluding carboxylic acids is 1. The summed E-state index contributed by atoms with van der Waals surface area (Å²) in [6.07, 6.45) is 2.58. The van der Waals surface area contributed by atoms with Gasteiger partial charge in [-0.3, -0.25) is 4.79 Å². The number of benzene rings is 1. The average molecular weight is 305 g/mol. The summed E-state index contributed by atoms with van der Waals surface area (Å²) in [5.41, 5.74) is 2.40. The van der Waals surface area contributed by atoms with Crippen molar-refractivity contribution >= 4 is 27.5 Å². The van der Waals surface area contributed by atoms with Gasteiger partial charge in [0.1, 0.15) is 5.69 Å². The maximum Gasteiger partial charge on any atom is 0.275 e. The predicted molar refractivity (Wildman–Crippen MR) is 75.7 cm³/mol. The van der Waals surface area contributed by atoms with Gasteiger partial charge in [0.15, 0.2) is 0 Å². The summed E-state index contributed by atoms with van der Waals surface area (Å²) < 4.78 is 0.688. The van der Waals surface area contributed by atoms with Crippen LogP contribution in [0.4, 0.5) is 5.69 Å². The van der Waals surface area contributed by atoms with E-state index in [1.807, 2.05) is 24.3 Å². The molecule has 18 heavy (non-hydrogen) atoms. The van der Waals surface area contributed by atoms with Crippen molar-refractivity contribution in [3.05, 3.63) is 58.3 Å². The lowest BCUT2D eigenvalue weighted by Gasteiger charge is -2.06. The van der Waals surface area contributed by atoms with Crippen LogP contribution in [0.5, 0.6) is 0 Å². The Morgan fingerprint density at radius 2 is 2.00 bits per heavy atom. The molecule has 0 aliphatic rings. The van der Waals surface area contributed by atoms with E-state index < -0.39 is 0 Å². The van der Waals surface area contributed by atoms with Gasteiger partial charge in [0.05, 0.1) is 0 Å². The highest BCUT2D eigenvalue weighted by molar-refractivity contribution is 9.10. The van der Waals surface area contributed by atoms with Crippen LogP contribution in [-0.2, 0) is 6.42 Å². The van der Waals surface area contributed by atoms with E-state index >= 15 is 0 Å². The minimum Gasteiger partial charge on any atom is -0.321 e. The fourth-order valence-corrected chi connectivity index (χ4v) is 2.00. The van der Waals surface area contributed by atoms with Crippen molar-refractivity contribution in [2.24, 2.45) is 0 Å². The number of hydrogen-bond acceptors (Lipinski definition) is 2. The molecule has 4 heteroatoms. The van der Waals surface area contributed by atoms with Crippen LogP contribution >= 0.6 is 15.9 Å². The Morgan fingerprint density at radius 1 is 1.28 bits per heavy atom. The fraction of sp³-hybridized carbons (Fsp3) is 0.143. The molecule has 0 radical (unpaired) electrons. The van der Waals surface area contributed by atoms with Gasteiger partial charge in [0.2, 0.25) is 0 Å². The van der Waals surface area contributed by atoms with Crippen LogP contribution in [0.1, 0.15) is 23.0 Å². The van der Waals surface area contributed by atoms with E-state index in [4.69, 9.17) is 0 Å². The smallest absolute Gasteiger partial charge is 0.275 e. The number of rotatable bonds is 3. The SMILES string of the molecule is CCc1ccc(NC(=O)c2ncccc2Br)cc1. The molecule has 2 aromatic rings. The summed E-state index contributed by atoms with van der Waals surface area (Å²) in [6, 6.07) is 11.4. The number of carbonyl (C=O) groups is 1. The summed E-state index contributed by atoms with van der Waals surface area (Å²) in [5.74, 6) is -0.216. The van der Waals surface area contributed by atoms with Gasteiger partial charge < -0.3 is 5.32 Å². The minimum absolute atomic E-state index is 0.216. The zero-order valence-corrected chi connectivity index (χ0v) is 11.6. The monoisotopic (exact) mass is 304 g/mol. The van der Waals surface area contributed by atoms with Gasteiger partial charge >= 0.3 is 0 Å². The third-order valence-corrected chi connectivity index (χ3v) is 3.23. The quantitative estimate of drug-likeness (QED) is 0.940. The Hall–Kier alpha value is -1.68. The molecule has 1 heterocycles. The topological polar surface area (TPSA) is 42.0 Å². The highest BCUT2D eigenvalue weighted by Gasteiger charge is 2.10. The Morgan fingerprint density at radius 3 is 2.61 bits per heavy atom. The molecule has 1 aromatic carbocycles. The number of pyridine rings is 1. The van der Waals surface area contributed by atoms with E-state index in [1.165, 1.54) is 5.56 Å². The molecule has 0 fully saturated rings. The molecule has 92 valence electrons. The number of halogens is 1. The molecule has 0 aliphatic carbocycles. The third-order valence-electron chi connectivity index (χ3n) is 2.59. The largest absolute Gasteiger partial charge is 0.321 e. The Balaban J connectivity index is 2.14. The summed E-state index contributed by atoms with van der Waals surface area (Å²) >= 11 is 3.31. The standard InChI is InChI=1S/C14H13BrN2O/c1-2-10-5-7-11(8-6-10)17-14(18)13-12(15)4-3-9-16-13/h3-9H,2H2,1H3,(H,17,18). The van der Waals surface area contributed by atoms with Crippen molar-refractivity contribution < 1.29 is 4.79 Å². The molecule has 0 saturated carbocycles. The minimum atomic E-state index is -0.216. The molecule has 1 aromatic heterocycles. The lowest BCUT2D eigenvalue weighted by Crippen LogP contribution is -2.14. The second-order valence-corrected chi connectivity index (χ2v) is 4.69. The van der Waals surface area contributed by atoms with Crippen molar-refractivity contribution in [1.82, 2.24) is 4.98 Å². The van der Waals surface area contributed by atoms with E-state index in [0.717, 1.165) is 12.1 Å². The molecule has 0 unspecified atom stereocenters. The normalized spacial score (nSPS) is 10.1. The van der Waals surface area contributed by atoms with E-state index in [0.29, 0.717) is 10.2 Å². The van der Waals surface area contributed by atoms with Crippen LogP contribution in [0.2, 0.25) is 0 Å². The number of hydrogen-bond donors (Lipinski definition) is 1. The fourth-order valence-electron chi connectivity index (χ4n) is 1.57. The maximum absolute atomic E-state index is 12.0. The summed E-state index contributed by atoms with van der Waals surface area (Å²) in [6.45, 7) is 2.10. The van der Waals surface area contributed by atoms with Gasteiger partial charge in [-0.05, 0) is 52.2 Å². The highest BCUT2D eigenvalue weighted by atomic mass is 79.9. The Kier molecular flexibility index (Phi) is 4.10. The van der Waals surface area contributed by atoms with Gasteiger partial charge in [0, 0.05) is 16.4 Å². The molecular weight excluding hydrogens is 292 g/mol. The van der Waals surface area contributed by atoms with Crippen LogP contribution < -0.4 is 5.32 Å². The van der Waals surface area contributed by atoms with Crippen LogP contribution in [0.25, 0.3) is 0 Å². The zero-order valence-electron chi connectivity index (χ0n) is 9.98. The molecule has 0 aliphatic heterocycles. The highest BCUT2D eigenvalue weighted by Crippen LogP contribution is 2.16. The lowest BCUT2D eigenvalue weighted by molar-refractivity contribution is 0.102. The molecule has 1 N–H and O–H groups in total. The molecule has 0 atom stereocenters. The first-order chi connectivity index (χ1) is 8.70. The molecule has 0 saturated heterocycles. The third kappa shape index (κ3) is 2.96. The number of nitrogens with one attached hydrogen (secondary N) is 1. The van der Waals surface area contributed by atoms with E-state index in [1.54, 1.807) is 18.3 Å². The maximum atomic E-state index is 12.0. The van der Waals surface area contributed by atoms with E-state index in [-0.39, 0.29) is 5.91 Å². The first-order valence-corrected chi connectivity index (χ1v) is 6.51. The van der Waals surface area contributed by atoms with Crippen LogP contribution in [0, 0.1) is 0 Å². The molecule has 2 rings (SSSR count). The molecule has 0 bridgehead atoms.